The molecule has 0 unspecified atom stereocenters. The van der Waals surface area contributed by atoms with E-state index in [1.165, 1.54) is 0 Å². The second kappa shape index (κ2) is 5.92. The van der Waals surface area contributed by atoms with Gasteiger partial charge in [-0.25, -0.2) is 0 Å². The van der Waals surface area contributed by atoms with Crippen LogP contribution in [0.25, 0.3) is 0 Å². The van der Waals surface area contributed by atoms with Gasteiger partial charge in [-0.05, 0) is 20.1 Å². The molecule has 0 aliphatic carbocycles. The second-order valence-corrected chi connectivity index (χ2v) is 1.49. The van der Waals surface area contributed by atoms with Crippen molar-refractivity contribution in [1.29, 1.82) is 0 Å². The van der Waals surface area contributed by atoms with Crippen LogP contribution in [-0.4, -0.2) is 30.5 Å². The van der Waals surface area contributed by atoms with Crippen LogP contribution < -0.4 is 0 Å². The molecule has 0 aromatic heterocycles. The van der Waals surface area contributed by atoms with Crippen LogP contribution in [-0.2, 0) is 0 Å². The summed E-state index contributed by atoms with van der Waals surface area (Å²) in [5.41, 5.74) is 0. The zero-order valence-electron chi connectivity index (χ0n) is 5.36. The van der Waals surface area contributed by atoms with Crippen molar-refractivity contribution in [3.63, 3.8) is 0 Å². The van der Waals surface area contributed by atoms with Crippen LogP contribution in [0.4, 0.5) is 0 Å². The molecule has 0 aromatic rings. The average Bonchev–Trinajstić information content (AvgIpc) is 1.65. The van der Waals surface area contributed by atoms with E-state index < -0.39 is 0 Å². The molecule has 0 rings (SSSR count). The number of nitrogens with zero attached hydrogens (tertiary/aromatic N) is 1. The van der Waals surface area contributed by atoms with Gasteiger partial charge in [0, 0.05) is 0 Å². The summed E-state index contributed by atoms with van der Waals surface area (Å²) in [5.74, 6) is 0. The Morgan fingerprint density at radius 2 is 1.43 bits per heavy atom. The van der Waals surface area contributed by atoms with Crippen molar-refractivity contribution in [2.75, 3.05) is 20.1 Å². The van der Waals surface area contributed by atoms with Crippen LogP contribution in [0.2, 0.25) is 0 Å². The Bertz CT molecular complexity index is 27.3. The summed E-state index contributed by atoms with van der Waals surface area (Å²) in [6.07, 6.45) is 0. The lowest BCUT2D eigenvalue weighted by Gasteiger charge is -2.07. The van der Waals surface area contributed by atoms with E-state index in [2.05, 4.69) is 25.8 Å². The van der Waals surface area contributed by atoms with Gasteiger partial charge in [-0.3, -0.25) is 0 Å². The van der Waals surface area contributed by atoms with Crippen molar-refractivity contribution in [2.24, 2.45) is 0 Å². The molecular weight excluding hydrogens is 90.1 g/mol. The van der Waals surface area contributed by atoms with Gasteiger partial charge in [0.05, 0.1) is 0 Å². The summed E-state index contributed by atoms with van der Waals surface area (Å²) < 4.78 is 0. The standard InChI is InChI=1S/C5H13N.H2O/c1-4-6(3)5-2;/h4-5H2,1-3H3;1H2. The lowest BCUT2D eigenvalue weighted by Crippen LogP contribution is -2.15. The molecule has 0 heterocycles. The lowest BCUT2D eigenvalue weighted by atomic mass is 10.6. The molecule has 0 aliphatic rings. The minimum absolute atomic E-state index is 0. The lowest BCUT2D eigenvalue weighted by molar-refractivity contribution is 0.373. The Morgan fingerprint density at radius 3 is 1.43 bits per heavy atom. The molecule has 2 N–H and O–H groups in total. The maximum atomic E-state index is 2.25. The van der Waals surface area contributed by atoms with E-state index in [9.17, 15) is 0 Å². The highest BCUT2D eigenvalue weighted by Gasteiger charge is 1.81. The number of hydrogen-bond donors (Lipinski definition) is 0. The summed E-state index contributed by atoms with van der Waals surface area (Å²) >= 11 is 0. The summed E-state index contributed by atoms with van der Waals surface area (Å²) in [6, 6.07) is 0. The fraction of sp³-hybridized carbons (Fsp3) is 1.00. The molecule has 0 aliphatic heterocycles. The first-order chi connectivity index (χ1) is 2.81. The maximum absolute atomic E-state index is 2.25. The van der Waals surface area contributed by atoms with Crippen LogP contribution in [0.15, 0.2) is 0 Å². The highest BCUT2D eigenvalue weighted by atomic mass is 16.0. The Morgan fingerprint density at radius 1 is 1.14 bits per heavy atom. The third-order valence-electron chi connectivity index (χ3n) is 1.08. The molecular formula is C5H15NO. The Balaban J connectivity index is 0. The van der Waals surface area contributed by atoms with Gasteiger partial charge in [0.15, 0.2) is 0 Å². The molecule has 0 aromatic carbocycles. The van der Waals surface area contributed by atoms with Gasteiger partial charge in [0.25, 0.3) is 0 Å². The molecule has 2 heteroatoms. The zero-order chi connectivity index (χ0) is 4.99. The van der Waals surface area contributed by atoms with Gasteiger partial charge in [-0.15, -0.1) is 0 Å². The van der Waals surface area contributed by atoms with E-state index in [-0.39, 0.29) is 5.48 Å². The van der Waals surface area contributed by atoms with E-state index in [1.807, 2.05) is 0 Å². The summed E-state index contributed by atoms with van der Waals surface area (Å²) in [6.45, 7) is 6.64. The topological polar surface area (TPSA) is 34.7 Å². The average molecular weight is 105 g/mol. The quantitative estimate of drug-likeness (QED) is 0.491. The monoisotopic (exact) mass is 105 g/mol. The van der Waals surface area contributed by atoms with Crippen molar-refractivity contribution in [2.45, 2.75) is 13.8 Å². The largest absolute Gasteiger partial charge is 0.412 e. The van der Waals surface area contributed by atoms with E-state index in [4.69, 9.17) is 0 Å². The van der Waals surface area contributed by atoms with E-state index in [0.29, 0.717) is 0 Å². The van der Waals surface area contributed by atoms with Crippen LogP contribution in [0, 0.1) is 0 Å². The van der Waals surface area contributed by atoms with Gasteiger partial charge in [0.1, 0.15) is 0 Å². The third-order valence-corrected chi connectivity index (χ3v) is 1.08. The zero-order valence-corrected chi connectivity index (χ0v) is 5.36. The van der Waals surface area contributed by atoms with E-state index in [1.54, 1.807) is 0 Å². The van der Waals surface area contributed by atoms with Crippen LogP contribution in [0.3, 0.4) is 0 Å². The van der Waals surface area contributed by atoms with Crippen molar-refractivity contribution >= 4 is 0 Å². The second-order valence-electron chi connectivity index (χ2n) is 1.49. The fourth-order valence-electron chi connectivity index (χ4n) is 0.224. The molecule has 0 atom stereocenters. The van der Waals surface area contributed by atoms with Gasteiger partial charge in [0.2, 0.25) is 0 Å². The molecule has 0 fully saturated rings. The minimum Gasteiger partial charge on any atom is -0.412 e. The molecule has 0 amide bonds. The fourth-order valence-corrected chi connectivity index (χ4v) is 0.224. The normalized spacial score (nSPS) is 8.57. The van der Waals surface area contributed by atoms with Crippen LogP contribution in [0.5, 0.6) is 0 Å². The Kier molecular flexibility index (Phi) is 8.47. The molecule has 0 saturated heterocycles. The predicted octanol–water partition coefficient (Wildman–Crippen LogP) is 0.133. The first kappa shape index (κ1) is 10.0. The van der Waals surface area contributed by atoms with Crippen LogP contribution >= 0.6 is 0 Å². The minimum atomic E-state index is 0. The van der Waals surface area contributed by atoms with Crippen molar-refractivity contribution in [3.8, 4) is 0 Å². The number of hydrogen-bond acceptors (Lipinski definition) is 1. The summed E-state index contributed by atoms with van der Waals surface area (Å²) in [7, 11) is 2.11. The molecule has 0 radical (unpaired) electrons. The first-order valence-electron chi connectivity index (χ1n) is 2.49. The summed E-state index contributed by atoms with van der Waals surface area (Å²) in [5, 5.41) is 0. The third kappa shape index (κ3) is 5.92. The molecule has 0 bridgehead atoms. The molecule has 2 nitrogen and oxygen atoms in total. The van der Waals surface area contributed by atoms with E-state index >= 15 is 0 Å². The van der Waals surface area contributed by atoms with Gasteiger partial charge in [-0.1, -0.05) is 13.8 Å². The summed E-state index contributed by atoms with van der Waals surface area (Å²) in [4.78, 5) is 2.25. The molecule has 7 heavy (non-hydrogen) atoms. The SMILES string of the molecule is CCN(C)CC.O. The highest BCUT2D eigenvalue weighted by molar-refractivity contribution is 4.36. The maximum Gasteiger partial charge on any atom is -0.00504 e. The first-order valence-corrected chi connectivity index (χ1v) is 2.49. The van der Waals surface area contributed by atoms with Gasteiger partial charge < -0.3 is 10.4 Å². The Labute approximate surface area is 45.4 Å². The van der Waals surface area contributed by atoms with Crippen molar-refractivity contribution in [1.82, 2.24) is 4.90 Å². The van der Waals surface area contributed by atoms with Gasteiger partial charge >= 0.3 is 0 Å². The molecule has 0 spiro atoms. The predicted molar refractivity (Wildman–Crippen MR) is 32.5 cm³/mol. The van der Waals surface area contributed by atoms with Crippen molar-refractivity contribution < 1.29 is 5.48 Å². The molecule has 46 valence electrons. The highest BCUT2D eigenvalue weighted by Crippen LogP contribution is 1.73. The Hall–Kier alpha value is -0.0800. The van der Waals surface area contributed by atoms with Gasteiger partial charge in [-0.2, -0.15) is 0 Å². The van der Waals surface area contributed by atoms with E-state index in [0.717, 1.165) is 13.1 Å². The molecule has 0 saturated carbocycles. The van der Waals surface area contributed by atoms with Crippen molar-refractivity contribution in [3.05, 3.63) is 0 Å². The smallest absolute Gasteiger partial charge is 0.00504 e. The van der Waals surface area contributed by atoms with Crippen LogP contribution in [0.1, 0.15) is 13.8 Å². The number of rotatable bonds is 2.